The number of ether oxygens (including phenoxy) is 1. The van der Waals surface area contributed by atoms with Gasteiger partial charge in [-0.2, -0.15) is 5.26 Å². The predicted molar refractivity (Wildman–Crippen MR) is 118 cm³/mol. The molecule has 2 aliphatic rings. The number of nitrogens with one attached hydrogen (secondary N) is 1. The highest BCUT2D eigenvalue weighted by Crippen LogP contribution is 2.39. The molecule has 8 heteroatoms. The van der Waals surface area contributed by atoms with Crippen LogP contribution < -0.4 is 5.32 Å². The fraction of sp³-hybridized carbons (Fsp3) is 0.435. The minimum atomic E-state index is -0.289. The zero-order chi connectivity index (χ0) is 21.6. The summed E-state index contributed by atoms with van der Waals surface area (Å²) in [6.45, 7) is 1.95. The Labute approximate surface area is 185 Å². The van der Waals surface area contributed by atoms with E-state index in [0.717, 1.165) is 61.2 Å². The van der Waals surface area contributed by atoms with Crippen LogP contribution in [0.5, 0.6) is 0 Å². The highest BCUT2D eigenvalue weighted by atomic mass is 32.1. The number of amides is 2. The Balaban J connectivity index is 1.36. The van der Waals surface area contributed by atoms with E-state index in [4.69, 9.17) is 9.15 Å². The van der Waals surface area contributed by atoms with Crippen molar-refractivity contribution >= 4 is 34.4 Å². The lowest BCUT2D eigenvalue weighted by Crippen LogP contribution is -2.37. The summed E-state index contributed by atoms with van der Waals surface area (Å²) in [7, 11) is 0. The molecule has 1 N–H and O–H groups in total. The van der Waals surface area contributed by atoms with Gasteiger partial charge in [-0.05, 0) is 62.1 Å². The Kier molecular flexibility index (Phi) is 6.73. The van der Waals surface area contributed by atoms with Crippen molar-refractivity contribution in [3.8, 4) is 6.07 Å². The molecule has 1 unspecified atom stereocenters. The number of nitriles is 1. The van der Waals surface area contributed by atoms with Gasteiger partial charge in [-0.3, -0.25) is 4.79 Å². The van der Waals surface area contributed by atoms with Crippen LogP contribution in [0.15, 0.2) is 29.1 Å². The first-order valence-corrected chi connectivity index (χ1v) is 11.4. The van der Waals surface area contributed by atoms with Crippen LogP contribution in [-0.4, -0.2) is 36.6 Å². The van der Waals surface area contributed by atoms with E-state index in [9.17, 15) is 14.9 Å². The molecule has 2 amide bonds. The van der Waals surface area contributed by atoms with Gasteiger partial charge in [-0.25, -0.2) is 4.79 Å². The summed E-state index contributed by atoms with van der Waals surface area (Å²) < 4.78 is 10.5. The molecule has 0 bridgehead atoms. The molecule has 7 nitrogen and oxygen atoms in total. The number of hydrogen-bond acceptors (Lipinski definition) is 6. The molecule has 162 valence electrons. The van der Waals surface area contributed by atoms with Crippen LogP contribution in [0.2, 0.25) is 0 Å². The number of carbonyl (C=O) groups excluding carboxylic acids is 2. The summed E-state index contributed by atoms with van der Waals surface area (Å²) >= 11 is 1.45. The molecule has 2 aromatic rings. The van der Waals surface area contributed by atoms with Gasteiger partial charge in [-0.15, -0.1) is 11.3 Å². The van der Waals surface area contributed by atoms with Gasteiger partial charge >= 0.3 is 6.09 Å². The summed E-state index contributed by atoms with van der Waals surface area (Å²) in [5.41, 5.74) is 2.36. The summed E-state index contributed by atoms with van der Waals surface area (Å²) in [6, 6.07) is 4.01. The van der Waals surface area contributed by atoms with Gasteiger partial charge in [-0.1, -0.05) is 0 Å². The number of likely N-dealkylation sites (tertiary alicyclic amines) is 1. The highest BCUT2D eigenvalue weighted by Gasteiger charge is 2.28. The van der Waals surface area contributed by atoms with Crippen LogP contribution in [0.25, 0.3) is 6.08 Å². The van der Waals surface area contributed by atoms with E-state index in [2.05, 4.69) is 11.4 Å². The number of carbonyl (C=O) groups is 2. The van der Waals surface area contributed by atoms with E-state index in [-0.39, 0.29) is 17.9 Å². The van der Waals surface area contributed by atoms with Crippen LogP contribution in [0.1, 0.15) is 47.3 Å². The lowest BCUT2D eigenvalue weighted by molar-refractivity contribution is -0.111. The molecule has 1 aliphatic carbocycles. The van der Waals surface area contributed by atoms with Crippen molar-refractivity contribution in [3.05, 3.63) is 46.2 Å². The van der Waals surface area contributed by atoms with Gasteiger partial charge in [0.2, 0.25) is 5.91 Å². The number of rotatable bonds is 5. The second-order valence-electron chi connectivity index (χ2n) is 7.93. The van der Waals surface area contributed by atoms with Crippen molar-refractivity contribution in [2.75, 3.05) is 25.0 Å². The van der Waals surface area contributed by atoms with Crippen molar-refractivity contribution in [3.63, 3.8) is 0 Å². The lowest BCUT2D eigenvalue weighted by Gasteiger charge is -2.27. The van der Waals surface area contributed by atoms with Gasteiger partial charge in [0, 0.05) is 29.6 Å². The maximum atomic E-state index is 12.3. The van der Waals surface area contributed by atoms with E-state index < -0.39 is 0 Å². The van der Waals surface area contributed by atoms with Gasteiger partial charge in [0.05, 0.1) is 24.7 Å². The quantitative estimate of drug-likeness (QED) is 0.688. The number of nitrogens with zero attached hydrogens (tertiary/aromatic N) is 2. The zero-order valence-electron chi connectivity index (χ0n) is 17.3. The van der Waals surface area contributed by atoms with E-state index in [1.165, 1.54) is 23.8 Å². The maximum Gasteiger partial charge on any atom is 0.409 e. The van der Waals surface area contributed by atoms with Crippen molar-refractivity contribution in [1.82, 2.24) is 4.90 Å². The zero-order valence-corrected chi connectivity index (χ0v) is 18.1. The summed E-state index contributed by atoms with van der Waals surface area (Å²) in [4.78, 5) is 27.4. The molecule has 1 fully saturated rings. The molecule has 1 aliphatic heterocycles. The lowest BCUT2D eigenvalue weighted by atomic mass is 9.88. The Morgan fingerprint density at radius 3 is 2.94 bits per heavy atom. The van der Waals surface area contributed by atoms with Gasteiger partial charge in [0.15, 0.2) is 0 Å². The van der Waals surface area contributed by atoms with E-state index >= 15 is 0 Å². The highest BCUT2D eigenvalue weighted by molar-refractivity contribution is 7.16. The molecular formula is C23H25N3O4S. The maximum absolute atomic E-state index is 12.3. The van der Waals surface area contributed by atoms with E-state index in [1.807, 2.05) is 0 Å². The van der Waals surface area contributed by atoms with Crippen LogP contribution in [0, 0.1) is 17.2 Å². The number of piperidine rings is 1. The Morgan fingerprint density at radius 1 is 1.35 bits per heavy atom. The first kappa shape index (κ1) is 21.2. The van der Waals surface area contributed by atoms with Crippen molar-refractivity contribution in [2.24, 2.45) is 5.92 Å². The van der Waals surface area contributed by atoms with Gasteiger partial charge in [0.1, 0.15) is 11.1 Å². The largest absolute Gasteiger partial charge is 0.472 e. The molecule has 31 heavy (non-hydrogen) atoms. The molecule has 1 atom stereocenters. The smallest absolute Gasteiger partial charge is 0.409 e. The number of thiophene rings is 1. The normalized spacial score (nSPS) is 18.4. The molecule has 0 saturated carbocycles. The first-order chi connectivity index (χ1) is 15.1. The summed E-state index contributed by atoms with van der Waals surface area (Å²) in [6.07, 6.45) is 11.6. The summed E-state index contributed by atoms with van der Waals surface area (Å²) in [5.74, 6) is -0.0562. The second kappa shape index (κ2) is 9.84. The molecule has 4 rings (SSSR count). The fourth-order valence-corrected chi connectivity index (χ4v) is 5.37. The van der Waals surface area contributed by atoms with Crippen LogP contribution in [-0.2, 0) is 22.4 Å². The van der Waals surface area contributed by atoms with E-state index in [1.54, 1.807) is 29.6 Å². The minimum Gasteiger partial charge on any atom is -0.472 e. The van der Waals surface area contributed by atoms with Crippen LogP contribution in [0.3, 0.4) is 0 Å². The van der Waals surface area contributed by atoms with Crippen molar-refractivity contribution in [1.29, 1.82) is 5.26 Å². The predicted octanol–water partition coefficient (Wildman–Crippen LogP) is 4.59. The number of anilines is 1. The van der Waals surface area contributed by atoms with Crippen LogP contribution >= 0.6 is 11.3 Å². The Hall–Kier alpha value is -3.05. The van der Waals surface area contributed by atoms with Gasteiger partial charge < -0.3 is 19.4 Å². The Bertz CT molecular complexity index is 997. The Morgan fingerprint density at radius 2 is 2.19 bits per heavy atom. The SMILES string of the molecule is N#Cc1c(NC(=O)/C=C/c2ccoc2)sc2c1CCC(COC(=O)N1CCCCC1)C2. The third-order valence-electron chi connectivity index (χ3n) is 5.74. The first-order valence-electron chi connectivity index (χ1n) is 10.6. The average Bonchev–Trinajstić information content (AvgIpc) is 3.43. The number of fused-ring (bicyclic) bond motifs is 1. The summed E-state index contributed by atoms with van der Waals surface area (Å²) in [5, 5.41) is 13.1. The van der Waals surface area contributed by atoms with Crippen LogP contribution in [0.4, 0.5) is 9.80 Å². The van der Waals surface area contributed by atoms with Crippen molar-refractivity contribution in [2.45, 2.75) is 38.5 Å². The van der Waals surface area contributed by atoms with Crippen molar-refractivity contribution < 1.29 is 18.7 Å². The molecule has 0 spiro atoms. The standard InChI is InChI=1S/C23H25N3O4S/c24-13-19-18-6-4-17(15-30-23(28)26-9-2-1-3-10-26)12-20(18)31-22(19)25-21(27)7-5-16-8-11-29-14-16/h5,7-8,11,14,17H,1-4,6,9-10,12,15H2,(H,25,27)/b7-5+. The second-order valence-corrected chi connectivity index (χ2v) is 9.04. The monoisotopic (exact) mass is 439 g/mol. The number of hydrogen-bond donors (Lipinski definition) is 1. The molecule has 0 radical (unpaired) electrons. The molecule has 0 aromatic carbocycles. The number of furan rings is 1. The molecule has 3 heterocycles. The van der Waals surface area contributed by atoms with E-state index in [0.29, 0.717) is 17.2 Å². The molecular weight excluding hydrogens is 414 g/mol. The third kappa shape index (κ3) is 5.17. The topological polar surface area (TPSA) is 95.6 Å². The average molecular weight is 440 g/mol. The minimum absolute atomic E-state index is 0.216. The third-order valence-corrected chi connectivity index (χ3v) is 6.91. The molecule has 2 aromatic heterocycles. The van der Waals surface area contributed by atoms with Gasteiger partial charge in [0.25, 0.3) is 0 Å². The molecule has 1 saturated heterocycles. The fourth-order valence-electron chi connectivity index (χ4n) is 4.06.